The second kappa shape index (κ2) is 6.59. The normalized spacial score (nSPS) is 9.55. The molecule has 2 rings (SSSR count). The van der Waals surface area contributed by atoms with E-state index in [-0.39, 0.29) is 5.75 Å². The predicted molar refractivity (Wildman–Crippen MR) is 84.6 cm³/mol. The van der Waals surface area contributed by atoms with Crippen molar-refractivity contribution in [2.24, 2.45) is 0 Å². The molecule has 0 aliphatic rings. The van der Waals surface area contributed by atoms with E-state index < -0.39 is 11.7 Å². The van der Waals surface area contributed by atoms with Crippen molar-refractivity contribution in [1.82, 2.24) is 0 Å². The maximum absolute atomic E-state index is 11.3. The number of phenols is 1. The molecule has 0 radical (unpaired) electrons. The minimum atomic E-state index is -0.644. The molecule has 0 fully saturated rings. The Labute approximate surface area is 128 Å². The van der Waals surface area contributed by atoms with Crippen molar-refractivity contribution in [1.29, 1.82) is 0 Å². The number of hydrogen-bond donors (Lipinski definition) is 2. The molecule has 0 bridgehead atoms. The quantitative estimate of drug-likeness (QED) is 0.661. The van der Waals surface area contributed by atoms with Crippen molar-refractivity contribution in [2.45, 2.75) is 13.8 Å². The van der Waals surface area contributed by atoms with Crippen LogP contribution in [0.3, 0.4) is 0 Å². The Morgan fingerprint density at radius 1 is 1.00 bits per heavy atom. The van der Waals surface area contributed by atoms with Gasteiger partial charge in [-0.05, 0) is 48.9 Å². The summed E-state index contributed by atoms with van der Waals surface area (Å²) in [5.74, 6) is 4.96. The first-order valence-electron chi connectivity index (χ1n) is 6.69. The van der Waals surface area contributed by atoms with Crippen LogP contribution in [0.1, 0.15) is 23.6 Å². The van der Waals surface area contributed by atoms with E-state index in [4.69, 9.17) is 0 Å². The highest BCUT2D eigenvalue weighted by molar-refractivity contribution is 6.39. The summed E-state index contributed by atoms with van der Waals surface area (Å²) >= 11 is 0. The van der Waals surface area contributed by atoms with Crippen LogP contribution >= 0.6 is 0 Å². The molecular formula is C18H15NO3. The van der Waals surface area contributed by atoms with Crippen LogP contribution in [0.2, 0.25) is 0 Å². The molecule has 22 heavy (non-hydrogen) atoms. The van der Waals surface area contributed by atoms with E-state index in [1.165, 1.54) is 6.92 Å². The van der Waals surface area contributed by atoms with Gasteiger partial charge in [-0.15, -0.1) is 0 Å². The van der Waals surface area contributed by atoms with Crippen LogP contribution in [-0.2, 0) is 9.59 Å². The lowest BCUT2D eigenvalue weighted by Crippen LogP contribution is -2.19. The standard InChI is InChI=1S/C18H15NO3/c1-12-3-4-15(11-17(12)21)6-5-14-7-9-16(10-8-14)19-18(22)13(2)20/h3-4,7-11,21H,1-2H3,(H,19,22). The lowest BCUT2D eigenvalue weighted by Gasteiger charge is -2.02. The maximum Gasteiger partial charge on any atom is 0.291 e. The van der Waals surface area contributed by atoms with Gasteiger partial charge in [-0.2, -0.15) is 0 Å². The van der Waals surface area contributed by atoms with Gasteiger partial charge in [0.25, 0.3) is 5.91 Å². The number of hydrogen-bond acceptors (Lipinski definition) is 3. The van der Waals surface area contributed by atoms with Gasteiger partial charge in [0.2, 0.25) is 5.78 Å². The van der Waals surface area contributed by atoms with E-state index in [1.807, 2.05) is 13.0 Å². The number of nitrogens with one attached hydrogen (secondary N) is 1. The van der Waals surface area contributed by atoms with Gasteiger partial charge in [-0.25, -0.2) is 0 Å². The van der Waals surface area contributed by atoms with E-state index in [9.17, 15) is 14.7 Å². The molecule has 0 saturated heterocycles. The highest BCUT2D eigenvalue weighted by atomic mass is 16.3. The summed E-state index contributed by atoms with van der Waals surface area (Å²) in [6, 6.07) is 12.1. The van der Waals surface area contributed by atoms with E-state index in [2.05, 4.69) is 17.2 Å². The molecule has 0 atom stereocenters. The maximum atomic E-state index is 11.3. The number of rotatable bonds is 2. The first-order chi connectivity index (χ1) is 10.5. The highest BCUT2D eigenvalue weighted by Gasteiger charge is 2.06. The molecule has 2 aromatic rings. The Morgan fingerprint density at radius 2 is 1.59 bits per heavy atom. The van der Waals surface area contributed by atoms with Crippen molar-refractivity contribution in [3.05, 3.63) is 59.2 Å². The van der Waals surface area contributed by atoms with Gasteiger partial charge in [0.15, 0.2) is 0 Å². The van der Waals surface area contributed by atoms with Crippen LogP contribution in [0.5, 0.6) is 5.75 Å². The predicted octanol–water partition coefficient (Wildman–Crippen LogP) is 2.63. The molecule has 4 heteroatoms. The number of benzene rings is 2. The summed E-state index contributed by atoms with van der Waals surface area (Å²) in [6.45, 7) is 3.03. The van der Waals surface area contributed by atoms with Crippen molar-refractivity contribution in [3.8, 4) is 17.6 Å². The summed E-state index contributed by atoms with van der Waals surface area (Å²) in [7, 11) is 0. The number of aryl methyl sites for hydroxylation is 1. The molecule has 2 aromatic carbocycles. The summed E-state index contributed by atoms with van der Waals surface area (Å²) < 4.78 is 0. The summed E-state index contributed by atoms with van der Waals surface area (Å²) in [5.41, 5.74) is 2.83. The number of aromatic hydroxyl groups is 1. The molecule has 4 nitrogen and oxygen atoms in total. The molecule has 0 saturated carbocycles. The number of carbonyl (C=O) groups is 2. The number of phenolic OH excluding ortho intramolecular Hbond substituents is 1. The van der Waals surface area contributed by atoms with Crippen LogP contribution in [0, 0.1) is 18.8 Å². The Morgan fingerprint density at radius 3 is 2.18 bits per heavy atom. The minimum Gasteiger partial charge on any atom is -0.508 e. The van der Waals surface area contributed by atoms with Crippen LogP contribution in [0.4, 0.5) is 5.69 Å². The smallest absolute Gasteiger partial charge is 0.291 e. The third-order valence-corrected chi connectivity index (χ3v) is 3.02. The van der Waals surface area contributed by atoms with Crippen molar-refractivity contribution in [2.75, 3.05) is 5.32 Å². The molecule has 0 aliphatic carbocycles. The SMILES string of the molecule is CC(=O)C(=O)Nc1ccc(C#Cc2ccc(C)c(O)c2)cc1. The Balaban J connectivity index is 2.11. The molecule has 2 N–H and O–H groups in total. The molecule has 110 valence electrons. The number of carbonyl (C=O) groups excluding carboxylic acids is 2. The monoisotopic (exact) mass is 293 g/mol. The zero-order chi connectivity index (χ0) is 16.1. The summed E-state index contributed by atoms with van der Waals surface area (Å²) in [4.78, 5) is 22.1. The first kappa shape index (κ1) is 15.3. The van der Waals surface area contributed by atoms with E-state index in [0.29, 0.717) is 5.69 Å². The Hall–Kier alpha value is -3.06. The number of Topliss-reactive ketones (excluding diaryl/α,β-unsaturated/α-hetero) is 1. The average Bonchev–Trinajstić information content (AvgIpc) is 2.49. The highest BCUT2D eigenvalue weighted by Crippen LogP contribution is 2.16. The van der Waals surface area contributed by atoms with Gasteiger partial charge in [-0.1, -0.05) is 17.9 Å². The molecule has 0 spiro atoms. The third-order valence-electron chi connectivity index (χ3n) is 3.02. The molecule has 0 aromatic heterocycles. The molecule has 0 unspecified atom stereocenters. The lowest BCUT2D eigenvalue weighted by atomic mass is 10.1. The van der Waals surface area contributed by atoms with Crippen molar-refractivity contribution < 1.29 is 14.7 Å². The molecule has 0 heterocycles. The zero-order valence-electron chi connectivity index (χ0n) is 12.3. The average molecular weight is 293 g/mol. The van der Waals surface area contributed by atoms with Crippen molar-refractivity contribution in [3.63, 3.8) is 0 Å². The topological polar surface area (TPSA) is 66.4 Å². The second-order valence-corrected chi connectivity index (χ2v) is 4.84. The molecule has 1 amide bonds. The van der Waals surface area contributed by atoms with Gasteiger partial charge in [0.05, 0.1) is 0 Å². The summed E-state index contributed by atoms with van der Waals surface area (Å²) in [5, 5.41) is 12.1. The first-order valence-corrected chi connectivity index (χ1v) is 6.69. The van der Waals surface area contributed by atoms with E-state index in [0.717, 1.165) is 16.7 Å². The fourth-order valence-corrected chi connectivity index (χ4v) is 1.69. The zero-order valence-corrected chi connectivity index (χ0v) is 12.3. The summed E-state index contributed by atoms with van der Waals surface area (Å²) in [6.07, 6.45) is 0. The fourth-order valence-electron chi connectivity index (χ4n) is 1.69. The largest absolute Gasteiger partial charge is 0.508 e. The van der Waals surface area contributed by atoms with Crippen LogP contribution in [0.25, 0.3) is 0 Å². The Kier molecular flexibility index (Phi) is 4.60. The van der Waals surface area contributed by atoms with Crippen molar-refractivity contribution >= 4 is 17.4 Å². The minimum absolute atomic E-state index is 0.217. The molecule has 0 aliphatic heterocycles. The number of amides is 1. The lowest BCUT2D eigenvalue weighted by molar-refractivity contribution is -0.133. The van der Waals surface area contributed by atoms with E-state index in [1.54, 1.807) is 36.4 Å². The van der Waals surface area contributed by atoms with Gasteiger partial charge in [-0.3, -0.25) is 9.59 Å². The Bertz CT molecular complexity index is 780. The van der Waals surface area contributed by atoms with Gasteiger partial charge in [0, 0.05) is 23.7 Å². The fraction of sp³-hybridized carbons (Fsp3) is 0.111. The van der Waals surface area contributed by atoms with Gasteiger partial charge >= 0.3 is 0 Å². The van der Waals surface area contributed by atoms with Crippen LogP contribution < -0.4 is 5.32 Å². The van der Waals surface area contributed by atoms with Crippen LogP contribution in [0.15, 0.2) is 42.5 Å². The van der Waals surface area contributed by atoms with Gasteiger partial charge < -0.3 is 10.4 Å². The number of ketones is 1. The number of anilines is 1. The van der Waals surface area contributed by atoms with E-state index >= 15 is 0 Å². The second-order valence-electron chi connectivity index (χ2n) is 4.84. The van der Waals surface area contributed by atoms with Gasteiger partial charge in [0.1, 0.15) is 5.75 Å². The molecular weight excluding hydrogens is 278 g/mol. The third kappa shape index (κ3) is 3.97. The van der Waals surface area contributed by atoms with Crippen LogP contribution in [-0.4, -0.2) is 16.8 Å².